The minimum atomic E-state index is 0.212. The van der Waals surface area contributed by atoms with Crippen molar-refractivity contribution in [1.29, 1.82) is 0 Å². The predicted molar refractivity (Wildman–Crippen MR) is 84.3 cm³/mol. The van der Waals surface area contributed by atoms with E-state index in [-0.39, 0.29) is 5.91 Å². The fourth-order valence-corrected chi connectivity index (χ4v) is 3.05. The zero-order valence-corrected chi connectivity index (χ0v) is 12.9. The summed E-state index contributed by atoms with van der Waals surface area (Å²) in [7, 11) is 1.65. The van der Waals surface area contributed by atoms with E-state index in [1.807, 2.05) is 24.3 Å². The number of rotatable bonds is 7. The van der Waals surface area contributed by atoms with E-state index in [4.69, 9.17) is 10.5 Å². The summed E-state index contributed by atoms with van der Waals surface area (Å²) in [5.41, 5.74) is 6.62. The molecule has 2 N–H and O–H groups in total. The highest BCUT2D eigenvalue weighted by Crippen LogP contribution is 2.24. The van der Waals surface area contributed by atoms with Crippen LogP contribution in [0.15, 0.2) is 24.3 Å². The zero-order chi connectivity index (χ0) is 15.1. The molecule has 2 rings (SSSR count). The summed E-state index contributed by atoms with van der Waals surface area (Å²) in [5.74, 6) is 1.01. The van der Waals surface area contributed by atoms with Crippen molar-refractivity contribution in [3.05, 3.63) is 29.8 Å². The molecule has 0 radical (unpaired) electrons. The first-order chi connectivity index (χ1) is 10.2. The standard InChI is InChI=1S/C17H26N2O2/c1-21-16-9-4-6-14(12-16)13-17(20)19(11-5-10-18)15-7-2-3-8-15/h4,6,9,12,15H,2-3,5,7-8,10-11,13,18H2,1H3. The Labute approximate surface area is 127 Å². The lowest BCUT2D eigenvalue weighted by molar-refractivity contribution is -0.132. The van der Waals surface area contributed by atoms with E-state index in [0.29, 0.717) is 19.0 Å². The SMILES string of the molecule is COc1cccc(CC(=O)N(CCCN)C2CCCC2)c1. The monoisotopic (exact) mass is 290 g/mol. The first-order valence-corrected chi connectivity index (χ1v) is 7.87. The van der Waals surface area contributed by atoms with E-state index in [1.165, 1.54) is 12.8 Å². The molecule has 0 bridgehead atoms. The Morgan fingerprint density at radius 1 is 1.38 bits per heavy atom. The molecule has 1 aliphatic carbocycles. The van der Waals surface area contributed by atoms with E-state index in [1.54, 1.807) is 7.11 Å². The second-order valence-electron chi connectivity index (χ2n) is 5.70. The van der Waals surface area contributed by atoms with Gasteiger partial charge >= 0.3 is 0 Å². The number of nitrogens with zero attached hydrogens (tertiary/aromatic N) is 1. The second kappa shape index (κ2) is 8.03. The molecule has 21 heavy (non-hydrogen) atoms. The van der Waals surface area contributed by atoms with E-state index in [2.05, 4.69) is 4.90 Å². The van der Waals surface area contributed by atoms with Gasteiger partial charge in [-0.2, -0.15) is 0 Å². The van der Waals surface area contributed by atoms with Gasteiger partial charge in [0, 0.05) is 12.6 Å². The molecule has 0 saturated heterocycles. The summed E-state index contributed by atoms with van der Waals surface area (Å²) in [6.45, 7) is 1.42. The lowest BCUT2D eigenvalue weighted by Gasteiger charge is -2.29. The number of carbonyl (C=O) groups is 1. The van der Waals surface area contributed by atoms with Crippen LogP contribution < -0.4 is 10.5 Å². The van der Waals surface area contributed by atoms with Crippen molar-refractivity contribution in [2.24, 2.45) is 5.73 Å². The summed E-state index contributed by atoms with van der Waals surface area (Å²) in [5, 5.41) is 0. The lowest BCUT2D eigenvalue weighted by Crippen LogP contribution is -2.41. The molecule has 0 aliphatic heterocycles. The molecule has 0 aromatic heterocycles. The highest BCUT2D eigenvalue weighted by Gasteiger charge is 2.26. The molecular weight excluding hydrogens is 264 g/mol. The zero-order valence-electron chi connectivity index (χ0n) is 12.9. The number of benzene rings is 1. The fraction of sp³-hybridized carbons (Fsp3) is 0.588. The van der Waals surface area contributed by atoms with Crippen molar-refractivity contribution < 1.29 is 9.53 Å². The minimum absolute atomic E-state index is 0.212. The third kappa shape index (κ3) is 4.46. The normalized spacial score (nSPS) is 15.1. The summed E-state index contributed by atoms with van der Waals surface area (Å²) >= 11 is 0. The number of amides is 1. The maximum Gasteiger partial charge on any atom is 0.227 e. The van der Waals surface area contributed by atoms with Gasteiger partial charge in [-0.05, 0) is 43.5 Å². The molecule has 1 aromatic rings. The number of ether oxygens (including phenoxy) is 1. The van der Waals surface area contributed by atoms with Crippen molar-refractivity contribution in [2.45, 2.75) is 44.6 Å². The predicted octanol–water partition coefficient (Wildman–Crippen LogP) is 2.36. The Hall–Kier alpha value is -1.55. The molecule has 116 valence electrons. The first-order valence-electron chi connectivity index (χ1n) is 7.87. The number of carbonyl (C=O) groups excluding carboxylic acids is 1. The molecule has 1 fully saturated rings. The Morgan fingerprint density at radius 2 is 2.14 bits per heavy atom. The van der Waals surface area contributed by atoms with Gasteiger partial charge < -0.3 is 15.4 Å². The van der Waals surface area contributed by atoms with Gasteiger partial charge in [0.25, 0.3) is 0 Å². The second-order valence-corrected chi connectivity index (χ2v) is 5.70. The Bertz CT molecular complexity index is 456. The van der Waals surface area contributed by atoms with Crippen molar-refractivity contribution in [1.82, 2.24) is 4.90 Å². The fourth-order valence-electron chi connectivity index (χ4n) is 3.05. The Morgan fingerprint density at radius 3 is 2.81 bits per heavy atom. The van der Waals surface area contributed by atoms with Gasteiger partial charge in [-0.25, -0.2) is 0 Å². The number of nitrogens with two attached hydrogens (primary N) is 1. The third-order valence-corrected chi connectivity index (χ3v) is 4.18. The van der Waals surface area contributed by atoms with E-state index in [9.17, 15) is 4.79 Å². The molecule has 0 unspecified atom stereocenters. The van der Waals surface area contributed by atoms with Crippen molar-refractivity contribution >= 4 is 5.91 Å². The Balaban J connectivity index is 2.02. The molecular formula is C17H26N2O2. The molecule has 4 heteroatoms. The molecule has 4 nitrogen and oxygen atoms in total. The van der Waals surface area contributed by atoms with Crippen molar-refractivity contribution in [2.75, 3.05) is 20.2 Å². The van der Waals surface area contributed by atoms with Crippen LogP contribution in [0.5, 0.6) is 5.75 Å². The van der Waals surface area contributed by atoms with Gasteiger partial charge in [-0.3, -0.25) is 4.79 Å². The summed E-state index contributed by atoms with van der Waals surface area (Å²) in [4.78, 5) is 14.7. The largest absolute Gasteiger partial charge is 0.497 e. The van der Waals surface area contributed by atoms with Crippen LogP contribution in [0.4, 0.5) is 0 Å². The molecule has 0 heterocycles. The highest BCUT2D eigenvalue weighted by molar-refractivity contribution is 5.79. The van der Waals surface area contributed by atoms with E-state index < -0.39 is 0 Å². The molecule has 1 aliphatic rings. The summed E-state index contributed by atoms with van der Waals surface area (Å²) < 4.78 is 5.22. The molecule has 1 saturated carbocycles. The van der Waals surface area contributed by atoms with Gasteiger partial charge in [0.1, 0.15) is 5.75 Å². The molecule has 0 spiro atoms. The Kier molecular flexibility index (Phi) is 6.05. The topological polar surface area (TPSA) is 55.6 Å². The van der Waals surface area contributed by atoms with Gasteiger partial charge in [0.05, 0.1) is 13.5 Å². The van der Waals surface area contributed by atoms with Gasteiger partial charge in [0.2, 0.25) is 5.91 Å². The lowest BCUT2D eigenvalue weighted by atomic mass is 10.1. The molecule has 1 aromatic carbocycles. The highest BCUT2D eigenvalue weighted by atomic mass is 16.5. The average Bonchev–Trinajstić information content (AvgIpc) is 3.02. The van der Waals surface area contributed by atoms with Crippen LogP contribution in [-0.4, -0.2) is 37.0 Å². The molecule has 0 atom stereocenters. The number of hydrogen-bond donors (Lipinski definition) is 1. The summed E-state index contributed by atoms with van der Waals surface area (Å²) in [6.07, 6.45) is 6.05. The van der Waals surface area contributed by atoms with Gasteiger partial charge in [-0.1, -0.05) is 25.0 Å². The first kappa shape index (κ1) is 15.8. The van der Waals surface area contributed by atoms with Crippen LogP contribution in [0.1, 0.15) is 37.7 Å². The number of hydrogen-bond acceptors (Lipinski definition) is 3. The van der Waals surface area contributed by atoms with Crippen LogP contribution in [-0.2, 0) is 11.2 Å². The van der Waals surface area contributed by atoms with E-state index in [0.717, 1.165) is 37.1 Å². The minimum Gasteiger partial charge on any atom is -0.497 e. The van der Waals surface area contributed by atoms with E-state index >= 15 is 0 Å². The van der Waals surface area contributed by atoms with Crippen LogP contribution in [0, 0.1) is 0 Å². The summed E-state index contributed by atoms with van der Waals surface area (Å²) in [6, 6.07) is 8.16. The van der Waals surface area contributed by atoms with Crippen molar-refractivity contribution in [3.8, 4) is 5.75 Å². The third-order valence-electron chi connectivity index (χ3n) is 4.18. The molecule has 1 amide bonds. The van der Waals surface area contributed by atoms with Gasteiger partial charge in [0.15, 0.2) is 0 Å². The van der Waals surface area contributed by atoms with Gasteiger partial charge in [-0.15, -0.1) is 0 Å². The quantitative estimate of drug-likeness (QED) is 0.838. The van der Waals surface area contributed by atoms with Crippen molar-refractivity contribution in [3.63, 3.8) is 0 Å². The van der Waals surface area contributed by atoms with Crippen LogP contribution >= 0.6 is 0 Å². The van der Waals surface area contributed by atoms with Crippen LogP contribution in [0.2, 0.25) is 0 Å². The van der Waals surface area contributed by atoms with Crippen LogP contribution in [0.3, 0.4) is 0 Å². The maximum absolute atomic E-state index is 12.6. The average molecular weight is 290 g/mol. The number of methoxy groups -OCH3 is 1. The smallest absolute Gasteiger partial charge is 0.227 e. The maximum atomic E-state index is 12.6. The van der Waals surface area contributed by atoms with Crippen LogP contribution in [0.25, 0.3) is 0 Å².